The Morgan fingerprint density at radius 3 is 2.93 bits per heavy atom. The van der Waals surface area contributed by atoms with E-state index >= 15 is 0 Å². The summed E-state index contributed by atoms with van der Waals surface area (Å²) in [4.78, 5) is 21.3. The normalized spacial score (nSPS) is 13.9. The third-order valence-corrected chi connectivity index (χ3v) is 1.85. The molecule has 0 radical (unpaired) electrons. The van der Waals surface area contributed by atoms with Crippen LogP contribution in [-0.2, 0) is 11.3 Å². The molecule has 72 valence electrons. The zero-order valence-corrected chi connectivity index (χ0v) is 7.02. The van der Waals surface area contributed by atoms with Crippen LogP contribution in [0.15, 0.2) is 18.2 Å². The molecule has 0 atom stereocenters. The molecule has 5 heteroatoms. The zero-order chi connectivity index (χ0) is 10.1. The van der Waals surface area contributed by atoms with Crippen molar-refractivity contribution in [3.8, 4) is 5.75 Å². The molecule has 1 aliphatic heterocycles. The van der Waals surface area contributed by atoms with Crippen molar-refractivity contribution in [2.75, 3.05) is 0 Å². The Hall–Kier alpha value is -2.04. The second-order valence-corrected chi connectivity index (χ2v) is 2.77. The predicted octanol–water partition coefficient (Wildman–Crippen LogP) is 1.41. The van der Waals surface area contributed by atoms with E-state index in [0.717, 1.165) is 0 Å². The summed E-state index contributed by atoms with van der Waals surface area (Å²) in [6, 6.07) is 4.30. The van der Waals surface area contributed by atoms with E-state index in [1.165, 1.54) is 12.1 Å². The van der Waals surface area contributed by atoms with Gasteiger partial charge in [0.25, 0.3) is 0 Å². The van der Waals surface area contributed by atoms with Crippen LogP contribution < -0.4 is 4.74 Å². The van der Waals surface area contributed by atoms with Crippen LogP contribution in [0.25, 0.3) is 0 Å². The number of carbonyl (C=O) groups is 2. The van der Waals surface area contributed by atoms with Gasteiger partial charge in [0.1, 0.15) is 12.4 Å². The van der Waals surface area contributed by atoms with Crippen LogP contribution in [0.3, 0.4) is 0 Å². The maximum atomic E-state index is 10.7. The van der Waals surface area contributed by atoms with Crippen LogP contribution in [-0.4, -0.2) is 17.2 Å². The molecule has 0 saturated carbocycles. The van der Waals surface area contributed by atoms with Gasteiger partial charge in [0.15, 0.2) is 0 Å². The molecule has 1 aromatic rings. The molecular formula is C9H6O5. The molecule has 0 unspecified atom stereocenters. The van der Waals surface area contributed by atoms with E-state index in [1.54, 1.807) is 6.07 Å². The fraction of sp³-hybridized carbons (Fsp3) is 0.111. The van der Waals surface area contributed by atoms with E-state index in [2.05, 4.69) is 4.74 Å². The molecule has 0 fully saturated rings. The maximum absolute atomic E-state index is 10.7. The molecule has 1 heterocycles. The van der Waals surface area contributed by atoms with Crippen molar-refractivity contribution in [2.24, 2.45) is 0 Å². The molecule has 5 nitrogen and oxygen atoms in total. The number of benzene rings is 1. The van der Waals surface area contributed by atoms with Crippen molar-refractivity contribution in [1.29, 1.82) is 0 Å². The van der Waals surface area contributed by atoms with Gasteiger partial charge < -0.3 is 14.6 Å². The second-order valence-electron chi connectivity index (χ2n) is 2.77. The van der Waals surface area contributed by atoms with Gasteiger partial charge in [-0.25, -0.2) is 9.59 Å². The van der Waals surface area contributed by atoms with Crippen molar-refractivity contribution in [2.45, 2.75) is 6.61 Å². The number of carboxylic acids is 1. The molecule has 0 aliphatic carbocycles. The molecule has 0 spiro atoms. The summed E-state index contributed by atoms with van der Waals surface area (Å²) in [5.74, 6) is -0.809. The molecule has 0 saturated heterocycles. The van der Waals surface area contributed by atoms with Crippen LogP contribution in [0.1, 0.15) is 15.9 Å². The number of cyclic esters (lactones) is 1. The number of fused-ring (bicyclic) bond motifs is 1. The minimum atomic E-state index is -1.06. The average Bonchev–Trinajstić information content (AvgIpc) is 2.16. The monoisotopic (exact) mass is 194 g/mol. The van der Waals surface area contributed by atoms with Crippen LogP contribution >= 0.6 is 0 Å². The first kappa shape index (κ1) is 8.55. The van der Waals surface area contributed by atoms with Gasteiger partial charge in [-0.2, -0.15) is 0 Å². The lowest BCUT2D eigenvalue weighted by atomic mass is 10.1. The smallest absolute Gasteiger partial charge is 0.478 e. The number of hydrogen-bond acceptors (Lipinski definition) is 4. The number of carboxylic acid groups (broad SMARTS) is 1. The molecule has 0 amide bonds. The number of hydrogen-bond donors (Lipinski definition) is 1. The first-order valence-electron chi connectivity index (χ1n) is 3.87. The average molecular weight is 194 g/mol. The van der Waals surface area contributed by atoms with E-state index in [-0.39, 0.29) is 17.9 Å². The highest BCUT2D eigenvalue weighted by Crippen LogP contribution is 2.25. The molecule has 0 aromatic heterocycles. The summed E-state index contributed by atoms with van der Waals surface area (Å²) < 4.78 is 9.29. The van der Waals surface area contributed by atoms with Gasteiger partial charge in [0, 0.05) is 5.56 Å². The number of aromatic carboxylic acids is 1. The Morgan fingerprint density at radius 1 is 1.43 bits per heavy atom. The zero-order valence-electron chi connectivity index (χ0n) is 7.02. The van der Waals surface area contributed by atoms with Crippen LogP contribution in [0.2, 0.25) is 0 Å². The fourth-order valence-corrected chi connectivity index (χ4v) is 1.16. The summed E-state index contributed by atoms with van der Waals surface area (Å²) in [5, 5.41) is 8.68. The van der Waals surface area contributed by atoms with Crippen molar-refractivity contribution in [3.63, 3.8) is 0 Å². The highest BCUT2D eigenvalue weighted by molar-refractivity contribution is 5.88. The summed E-state index contributed by atoms with van der Waals surface area (Å²) in [7, 11) is 0. The van der Waals surface area contributed by atoms with Gasteiger partial charge in [-0.3, -0.25) is 0 Å². The van der Waals surface area contributed by atoms with Crippen LogP contribution in [0.5, 0.6) is 5.75 Å². The molecule has 1 aliphatic rings. The summed E-state index contributed by atoms with van der Waals surface area (Å²) in [6.45, 7) is 0.119. The van der Waals surface area contributed by atoms with Crippen molar-refractivity contribution < 1.29 is 24.2 Å². The van der Waals surface area contributed by atoms with E-state index in [0.29, 0.717) is 5.56 Å². The van der Waals surface area contributed by atoms with Gasteiger partial charge in [-0.1, -0.05) is 6.07 Å². The standard InChI is InChI=1S/C9H6O5/c10-8(11)5-1-2-6-4-13-9(12)14-7(6)3-5/h1-3H,4H2,(H,10,11). The Labute approximate surface area is 78.9 Å². The summed E-state index contributed by atoms with van der Waals surface area (Å²) >= 11 is 0. The first-order chi connectivity index (χ1) is 6.66. The lowest BCUT2D eigenvalue weighted by molar-refractivity contribution is 0.0686. The van der Waals surface area contributed by atoms with E-state index in [9.17, 15) is 9.59 Å². The van der Waals surface area contributed by atoms with E-state index in [1.807, 2.05) is 0 Å². The Kier molecular flexibility index (Phi) is 1.85. The number of rotatable bonds is 1. The fourth-order valence-electron chi connectivity index (χ4n) is 1.16. The number of ether oxygens (including phenoxy) is 2. The van der Waals surface area contributed by atoms with E-state index in [4.69, 9.17) is 9.84 Å². The van der Waals surface area contributed by atoms with Crippen molar-refractivity contribution in [1.82, 2.24) is 0 Å². The quantitative estimate of drug-likeness (QED) is 0.540. The summed E-state index contributed by atoms with van der Waals surface area (Å²) in [6.07, 6.45) is -0.806. The lowest BCUT2D eigenvalue weighted by Crippen LogP contribution is -2.17. The minimum absolute atomic E-state index is 0.0819. The molecule has 2 rings (SSSR count). The SMILES string of the molecule is O=C1OCc2ccc(C(=O)O)cc2O1. The molecule has 1 N–H and O–H groups in total. The van der Waals surface area contributed by atoms with Gasteiger partial charge in [0.2, 0.25) is 0 Å². The second kappa shape index (κ2) is 3.02. The largest absolute Gasteiger partial charge is 0.514 e. The van der Waals surface area contributed by atoms with Gasteiger partial charge in [-0.15, -0.1) is 0 Å². The third-order valence-electron chi connectivity index (χ3n) is 1.85. The number of carbonyl (C=O) groups excluding carboxylic acids is 1. The molecule has 1 aromatic carbocycles. The third kappa shape index (κ3) is 1.39. The molecule has 14 heavy (non-hydrogen) atoms. The highest BCUT2D eigenvalue weighted by atomic mass is 16.7. The van der Waals surface area contributed by atoms with E-state index < -0.39 is 12.1 Å². The predicted molar refractivity (Wildman–Crippen MR) is 44.2 cm³/mol. The Morgan fingerprint density at radius 2 is 2.21 bits per heavy atom. The van der Waals surface area contributed by atoms with Gasteiger partial charge in [0.05, 0.1) is 5.56 Å². The van der Waals surface area contributed by atoms with Gasteiger partial charge >= 0.3 is 12.1 Å². The first-order valence-corrected chi connectivity index (χ1v) is 3.87. The highest BCUT2D eigenvalue weighted by Gasteiger charge is 2.19. The van der Waals surface area contributed by atoms with Crippen molar-refractivity contribution in [3.05, 3.63) is 29.3 Å². The summed E-state index contributed by atoms with van der Waals surface area (Å²) in [5.41, 5.74) is 0.744. The maximum Gasteiger partial charge on any atom is 0.514 e. The lowest BCUT2D eigenvalue weighted by Gasteiger charge is -2.15. The van der Waals surface area contributed by atoms with Gasteiger partial charge in [-0.05, 0) is 12.1 Å². The Bertz CT molecular complexity index is 410. The topological polar surface area (TPSA) is 72.8 Å². The minimum Gasteiger partial charge on any atom is -0.478 e. The molecule has 0 bridgehead atoms. The Balaban J connectivity index is 2.42. The van der Waals surface area contributed by atoms with Crippen LogP contribution in [0, 0.1) is 0 Å². The van der Waals surface area contributed by atoms with Crippen molar-refractivity contribution >= 4 is 12.1 Å². The van der Waals surface area contributed by atoms with Crippen LogP contribution in [0.4, 0.5) is 4.79 Å². The molecular weight excluding hydrogens is 188 g/mol.